The minimum Gasteiger partial charge on any atom is -0.450 e. The summed E-state index contributed by atoms with van der Waals surface area (Å²) in [6.07, 6.45) is -5.16. The van der Waals surface area contributed by atoms with E-state index in [4.69, 9.17) is 16.0 Å². The summed E-state index contributed by atoms with van der Waals surface area (Å²) in [6.45, 7) is 0. The van der Waals surface area contributed by atoms with Gasteiger partial charge in [0.15, 0.2) is 0 Å². The number of benzene rings is 2. The molecule has 3 rings (SSSR count). The van der Waals surface area contributed by atoms with Gasteiger partial charge < -0.3 is 8.60 Å². The third-order valence-electron chi connectivity index (χ3n) is 3.74. The molecule has 0 bridgehead atoms. The molecule has 0 fully saturated rings. The number of fused-ring (bicyclic) bond motifs is 1. The molecule has 2 aromatic carbocycles. The van der Waals surface area contributed by atoms with Crippen LogP contribution in [0.2, 0.25) is 5.02 Å². The Labute approximate surface area is 168 Å². The molecule has 0 amide bonds. The van der Waals surface area contributed by atoms with Crippen molar-refractivity contribution in [2.24, 2.45) is 0 Å². The van der Waals surface area contributed by atoms with Crippen molar-refractivity contribution >= 4 is 32.7 Å². The largest absolute Gasteiger partial charge is 0.534 e. The summed E-state index contributed by atoms with van der Waals surface area (Å²) in [4.78, 5) is 12.7. The zero-order valence-corrected chi connectivity index (χ0v) is 15.7. The molecule has 1 aromatic heterocycles. The minimum atomic E-state index is -6.08. The van der Waals surface area contributed by atoms with Gasteiger partial charge in [-0.1, -0.05) is 23.7 Å². The Bertz CT molecular complexity index is 1280. The van der Waals surface area contributed by atoms with Crippen LogP contribution in [0.25, 0.3) is 22.1 Å². The van der Waals surface area contributed by atoms with Gasteiger partial charge in [-0.2, -0.15) is 34.8 Å². The van der Waals surface area contributed by atoms with Crippen molar-refractivity contribution in [3.8, 4) is 16.9 Å². The SMILES string of the molecule is O=c1c(-c2ccc(Cl)cc2)c(C(F)(F)F)oc2cc(OS(=O)(=O)C(F)(F)F)ccc12. The van der Waals surface area contributed by atoms with Gasteiger partial charge in [0, 0.05) is 11.1 Å². The molecule has 0 radical (unpaired) electrons. The van der Waals surface area contributed by atoms with Crippen LogP contribution in [0.1, 0.15) is 5.76 Å². The molecule has 0 atom stereocenters. The van der Waals surface area contributed by atoms with Gasteiger partial charge in [-0.3, -0.25) is 4.79 Å². The molecular weight excluding hydrogens is 466 g/mol. The maximum absolute atomic E-state index is 13.5. The van der Waals surface area contributed by atoms with E-state index in [9.17, 15) is 39.6 Å². The number of rotatable bonds is 3. The molecule has 0 N–H and O–H groups in total. The summed E-state index contributed by atoms with van der Waals surface area (Å²) < 4.78 is 109. The Morgan fingerprint density at radius 2 is 1.53 bits per heavy atom. The average molecular weight is 473 g/mol. The Hall–Kier alpha value is -2.73. The van der Waals surface area contributed by atoms with E-state index in [1.807, 2.05) is 0 Å². The quantitative estimate of drug-likeness (QED) is 0.291. The molecule has 30 heavy (non-hydrogen) atoms. The first-order valence-electron chi connectivity index (χ1n) is 7.65. The summed E-state index contributed by atoms with van der Waals surface area (Å²) in [7, 11) is -6.08. The molecule has 0 aliphatic rings. The highest BCUT2D eigenvalue weighted by Gasteiger charge is 2.48. The van der Waals surface area contributed by atoms with Gasteiger partial charge in [-0.05, 0) is 29.8 Å². The molecule has 13 heteroatoms. The lowest BCUT2D eigenvalue weighted by atomic mass is 10.0. The Morgan fingerprint density at radius 1 is 0.933 bits per heavy atom. The molecule has 0 unspecified atom stereocenters. The van der Waals surface area contributed by atoms with Crippen LogP contribution in [0.15, 0.2) is 51.7 Å². The standard InChI is InChI=1S/C17H7ClF6O5S/c18-9-3-1-8(2-4-9)13-14(25)11-6-5-10(29-30(26,27)17(22,23)24)7-12(11)28-15(13)16(19,20)21/h1-7H. The molecule has 0 saturated carbocycles. The van der Waals surface area contributed by atoms with Crippen molar-refractivity contribution < 1.29 is 43.4 Å². The van der Waals surface area contributed by atoms with Crippen LogP contribution >= 0.6 is 11.6 Å². The number of hydrogen-bond acceptors (Lipinski definition) is 5. The summed E-state index contributed by atoms with van der Waals surface area (Å²) in [6, 6.07) is 6.73. The number of hydrogen-bond donors (Lipinski definition) is 0. The van der Waals surface area contributed by atoms with Gasteiger partial charge in [0.2, 0.25) is 11.2 Å². The van der Waals surface area contributed by atoms with Crippen LogP contribution in [0.3, 0.4) is 0 Å². The molecule has 3 aromatic rings. The lowest BCUT2D eigenvalue weighted by Crippen LogP contribution is -2.28. The van der Waals surface area contributed by atoms with Crippen molar-refractivity contribution in [1.29, 1.82) is 0 Å². The van der Waals surface area contributed by atoms with Crippen molar-refractivity contribution in [3.63, 3.8) is 0 Å². The van der Waals surface area contributed by atoms with Crippen LogP contribution in [0, 0.1) is 0 Å². The molecule has 160 valence electrons. The number of alkyl halides is 6. The molecule has 0 aliphatic carbocycles. The van der Waals surface area contributed by atoms with Crippen LogP contribution < -0.4 is 9.61 Å². The smallest absolute Gasteiger partial charge is 0.450 e. The zero-order valence-electron chi connectivity index (χ0n) is 14.1. The summed E-state index contributed by atoms with van der Waals surface area (Å²) in [5, 5.41) is -0.241. The molecule has 0 saturated heterocycles. The van der Waals surface area contributed by atoms with Crippen LogP contribution in [0.5, 0.6) is 5.75 Å². The topological polar surface area (TPSA) is 73.6 Å². The fourth-order valence-electron chi connectivity index (χ4n) is 2.48. The predicted octanol–water partition coefficient (Wildman–Crippen LogP) is 5.36. The monoisotopic (exact) mass is 472 g/mol. The van der Waals surface area contributed by atoms with Gasteiger partial charge in [0.1, 0.15) is 11.3 Å². The highest BCUT2D eigenvalue weighted by atomic mass is 35.5. The van der Waals surface area contributed by atoms with E-state index in [0.717, 1.165) is 18.2 Å². The van der Waals surface area contributed by atoms with E-state index in [2.05, 4.69) is 4.18 Å². The van der Waals surface area contributed by atoms with Crippen molar-refractivity contribution in [3.05, 3.63) is 63.5 Å². The maximum Gasteiger partial charge on any atom is 0.534 e. The first kappa shape index (κ1) is 22.0. The second-order valence-electron chi connectivity index (χ2n) is 5.78. The second-order valence-corrected chi connectivity index (χ2v) is 7.76. The first-order chi connectivity index (χ1) is 13.7. The van der Waals surface area contributed by atoms with Crippen LogP contribution in [-0.4, -0.2) is 13.9 Å². The van der Waals surface area contributed by atoms with Gasteiger partial charge in [0.25, 0.3) is 0 Å². The van der Waals surface area contributed by atoms with E-state index in [0.29, 0.717) is 12.1 Å². The second kappa shape index (κ2) is 7.20. The predicted molar refractivity (Wildman–Crippen MR) is 93.5 cm³/mol. The zero-order chi connectivity index (χ0) is 22.5. The lowest BCUT2D eigenvalue weighted by molar-refractivity contribution is -0.152. The van der Waals surface area contributed by atoms with E-state index in [1.165, 1.54) is 12.1 Å². The van der Waals surface area contributed by atoms with Crippen molar-refractivity contribution in [2.45, 2.75) is 11.7 Å². The molecular formula is C17H7ClF6O5S. The Morgan fingerprint density at radius 3 is 2.07 bits per heavy atom. The third-order valence-corrected chi connectivity index (χ3v) is 4.97. The van der Waals surface area contributed by atoms with Crippen LogP contribution in [0.4, 0.5) is 26.3 Å². The summed E-state index contributed by atoms with van der Waals surface area (Å²) in [5.41, 5.74) is -8.74. The highest BCUT2D eigenvalue weighted by molar-refractivity contribution is 7.88. The maximum atomic E-state index is 13.5. The number of halogens is 7. The molecule has 1 heterocycles. The van der Waals surface area contributed by atoms with E-state index >= 15 is 0 Å². The molecule has 0 spiro atoms. The fourth-order valence-corrected chi connectivity index (χ4v) is 3.06. The molecule has 0 aliphatic heterocycles. The van der Waals surface area contributed by atoms with E-state index in [1.54, 1.807) is 0 Å². The first-order valence-corrected chi connectivity index (χ1v) is 9.44. The van der Waals surface area contributed by atoms with Gasteiger partial charge in [-0.25, -0.2) is 0 Å². The van der Waals surface area contributed by atoms with Crippen molar-refractivity contribution in [1.82, 2.24) is 0 Å². The summed E-state index contributed by atoms with van der Waals surface area (Å²) >= 11 is 5.70. The normalized spacial score (nSPS) is 12.9. The molecule has 5 nitrogen and oxygen atoms in total. The van der Waals surface area contributed by atoms with Crippen LogP contribution in [-0.2, 0) is 16.3 Å². The van der Waals surface area contributed by atoms with E-state index < -0.39 is 55.3 Å². The summed E-state index contributed by atoms with van der Waals surface area (Å²) in [5.74, 6) is -2.71. The Balaban J connectivity index is 2.25. The van der Waals surface area contributed by atoms with Gasteiger partial charge in [0.05, 0.1) is 10.9 Å². The van der Waals surface area contributed by atoms with Gasteiger partial charge >= 0.3 is 21.8 Å². The lowest BCUT2D eigenvalue weighted by Gasteiger charge is -2.14. The van der Waals surface area contributed by atoms with Gasteiger partial charge in [-0.15, -0.1) is 0 Å². The van der Waals surface area contributed by atoms with E-state index in [-0.39, 0.29) is 10.6 Å². The average Bonchev–Trinajstić information content (AvgIpc) is 2.60. The minimum absolute atomic E-state index is 0.164. The Kier molecular flexibility index (Phi) is 5.27. The van der Waals surface area contributed by atoms with Crippen molar-refractivity contribution in [2.75, 3.05) is 0 Å². The fraction of sp³-hybridized carbons (Fsp3) is 0.118. The third kappa shape index (κ3) is 4.10. The highest BCUT2D eigenvalue weighted by Crippen LogP contribution is 2.38.